The summed E-state index contributed by atoms with van der Waals surface area (Å²) in [5.41, 5.74) is 0.891. The van der Waals surface area contributed by atoms with Crippen LogP contribution in [-0.2, 0) is 14.8 Å². The first-order valence-corrected chi connectivity index (χ1v) is 7.67. The first kappa shape index (κ1) is 13.4. The number of anilines is 2. The summed E-state index contributed by atoms with van der Waals surface area (Å²) < 4.78 is 32.1. The number of nitrogens with one attached hydrogen (secondary N) is 2. The highest BCUT2D eigenvalue weighted by Gasteiger charge is 2.18. The van der Waals surface area contributed by atoms with Crippen molar-refractivity contribution in [1.82, 2.24) is 0 Å². The van der Waals surface area contributed by atoms with Crippen LogP contribution in [0.2, 0.25) is 0 Å². The molecular weight excluding hydrogens is 292 g/mol. The summed E-state index contributed by atoms with van der Waals surface area (Å²) in [4.78, 5) is 11.4. The molecule has 21 heavy (non-hydrogen) atoms. The van der Waals surface area contributed by atoms with Crippen molar-refractivity contribution in [3.8, 4) is 5.75 Å². The van der Waals surface area contributed by atoms with Gasteiger partial charge in [-0.25, -0.2) is 8.42 Å². The molecule has 0 unspecified atom stereocenters. The van der Waals surface area contributed by atoms with Crippen molar-refractivity contribution < 1.29 is 17.9 Å². The van der Waals surface area contributed by atoms with Crippen molar-refractivity contribution in [2.24, 2.45) is 0 Å². The average molecular weight is 304 g/mol. The van der Waals surface area contributed by atoms with Crippen molar-refractivity contribution in [3.05, 3.63) is 48.5 Å². The molecule has 0 spiro atoms. The lowest BCUT2D eigenvalue weighted by atomic mass is 10.2. The number of amides is 1. The number of fused-ring (bicyclic) bond motifs is 1. The van der Waals surface area contributed by atoms with Gasteiger partial charge < -0.3 is 10.1 Å². The standard InChI is InChI=1S/C14H12N2O4S/c17-14-9-20-13-8-10(6-7-12(13)15-14)16-21(18,19)11-4-2-1-3-5-11/h1-8,16H,9H2,(H,15,17). The lowest BCUT2D eigenvalue weighted by Crippen LogP contribution is -2.25. The van der Waals surface area contributed by atoms with Gasteiger partial charge in [0.2, 0.25) is 0 Å². The molecule has 0 fully saturated rings. The molecule has 6 nitrogen and oxygen atoms in total. The molecule has 0 atom stereocenters. The van der Waals surface area contributed by atoms with Crippen molar-refractivity contribution in [1.29, 1.82) is 0 Å². The minimum absolute atomic E-state index is 0.0815. The molecule has 0 bridgehead atoms. The second-order valence-corrected chi connectivity index (χ2v) is 6.15. The lowest BCUT2D eigenvalue weighted by molar-refractivity contribution is -0.118. The Morgan fingerprint density at radius 2 is 1.86 bits per heavy atom. The Balaban J connectivity index is 1.88. The summed E-state index contributed by atoms with van der Waals surface area (Å²) in [6.45, 7) is -0.0815. The SMILES string of the molecule is O=C1COc2cc(NS(=O)(=O)c3ccccc3)ccc2N1. The summed E-state index contributed by atoms with van der Waals surface area (Å²) >= 11 is 0. The second-order valence-electron chi connectivity index (χ2n) is 4.47. The van der Waals surface area contributed by atoms with Gasteiger partial charge in [-0.1, -0.05) is 18.2 Å². The fraction of sp³-hybridized carbons (Fsp3) is 0.0714. The van der Waals surface area contributed by atoms with E-state index in [1.165, 1.54) is 18.2 Å². The Morgan fingerprint density at radius 3 is 2.62 bits per heavy atom. The Labute approximate surface area is 121 Å². The lowest BCUT2D eigenvalue weighted by Gasteiger charge is -2.18. The number of hydrogen-bond acceptors (Lipinski definition) is 4. The smallest absolute Gasteiger partial charge is 0.262 e. The topological polar surface area (TPSA) is 84.5 Å². The van der Waals surface area contributed by atoms with Gasteiger partial charge in [0.15, 0.2) is 6.61 Å². The molecule has 0 radical (unpaired) electrons. The summed E-state index contributed by atoms with van der Waals surface area (Å²) in [7, 11) is -3.64. The van der Waals surface area contributed by atoms with E-state index in [1.807, 2.05) is 0 Å². The van der Waals surface area contributed by atoms with Gasteiger partial charge in [-0.3, -0.25) is 9.52 Å². The third-order valence-electron chi connectivity index (χ3n) is 2.92. The van der Waals surface area contributed by atoms with E-state index in [9.17, 15) is 13.2 Å². The molecule has 3 rings (SSSR count). The Kier molecular flexibility index (Phi) is 3.26. The minimum Gasteiger partial charge on any atom is -0.482 e. The summed E-state index contributed by atoms with van der Waals surface area (Å²) in [5, 5.41) is 2.64. The van der Waals surface area contributed by atoms with Crippen LogP contribution in [0.1, 0.15) is 0 Å². The van der Waals surface area contributed by atoms with Gasteiger partial charge >= 0.3 is 0 Å². The minimum atomic E-state index is -3.64. The second kappa shape index (κ2) is 5.10. The summed E-state index contributed by atoms with van der Waals surface area (Å²) in [6, 6.07) is 12.8. The number of rotatable bonds is 3. The molecule has 1 aliphatic rings. The van der Waals surface area contributed by atoms with Crippen LogP contribution in [-0.4, -0.2) is 20.9 Å². The van der Waals surface area contributed by atoms with Crippen molar-refractivity contribution in [2.45, 2.75) is 4.90 Å². The quantitative estimate of drug-likeness (QED) is 0.906. The fourth-order valence-electron chi connectivity index (χ4n) is 1.95. The molecular formula is C14H12N2O4S. The van der Waals surface area contributed by atoms with Crippen molar-refractivity contribution >= 4 is 27.3 Å². The zero-order chi connectivity index (χ0) is 14.9. The number of carbonyl (C=O) groups is 1. The van der Waals surface area contributed by atoms with Crippen LogP contribution < -0.4 is 14.8 Å². The first-order chi connectivity index (χ1) is 10.0. The normalized spacial score (nSPS) is 13.8. The van der Waals surface area contributed by atoms with E-state index in [-0.39, 0.29) is 17.4 Å². The molecule has 1 amide bonds. The number of carbonyl (C=O) groups excluding carboxylic acids is 1. The monoisotopic (exact) mass is 304 g/mol. The van der Waals surface area contributed by atoms with Gasteiger partial charge in [0.25, 0.3) is 15.9 Å². The largest absolute Gasteiger partial charge is 0.482 e. The average Bonchev–Trinajstić information content (AvgIpc) is 2.48. The van der Waals surface area contributed by atoms with E-state index in [0.29, 0.717) is 17.1 Å². The zero-order valence-electron chi connectivity index (χ0n) is 10.9. The van der Waals surface area contributed by atoms with E-state index < -0.39 is 10.0 Å². The van der Waals surface area contributed by atoms with Crippen LogP contribution in [0.25, 0.3) is 0 Å². The van der Waals surface area contributed by atoms with Crippen LogP contribution in [0, 0.1) is 0 Å². The number of sulfonamides is 1. The molecule has 0 saturated heterocycles. The molecule has 108 valence electrons. The van der Waals surface area contributed by atoms with E-state index in [0.717, 1.165) is 0 Å². The third-order valence-corrected chi connectivity index (χ3v) is 4.32. The molecule has 1 heterocycles. The molecule has 7 heteroatoms. The maximum atomic E-state index is 12.2. The predicted octanol–water partition coefficient (Wildman–Crippen LogP) is 1.82. The summed E-state index contributed by atoms with van der Waals surface area (Å²) in [6.07, 6.45) is 0. The van der Waals surface area contributed by atoms with Gasteiger partial charge in [-0.2, -0.15) is 0 Å². The first-order valence-electron chi connectivity index (χ1n) is 6.19. The van der Waals surface area contributed by atoms with E-state index in [1.54, 1.807) is 30.3 Å². The maximum Gasteiger partial charge on any atom is 0.262 e. The highest BCUT2D eigenvalue weighted by Crippen LogP contribution is 2.31. The molecule has 0 saturated carbocycles. The number of hydrogen-bond donors (Lipinski definition) is 2. The Morgan fingerprint density at radius 1 is 1.10 bits per heavy atom. The Bertz CT molecular complexity index is 788. The van der Waals surface area contributed by atoms with Crippen LogP contribution in [0.4, 0.5) is 11.4 Å². The van der Waals surface area contributed by atoms with E-state index in [2.05, 4.69) is 10.0 Å². The molecule has 2 aromatic carbocycles. The van der Waals surface area contributed by atoms with E-state index in [4.69, 9.17) is 4.74 Å². The molecule has 1 aliphatic heterocycles. The zero-order valence-corrected chi connectivity index (χ0v) is 11.7. The molecule has 0 aromatic heterocycles. The molecule has 2 N–H and O–H groups in total. The Hall–Kier alpha value is -2.54. The summed E-state index contributed by atoms with van der Waals surface area (Å²) in [5.74, 6) is 0.197. The van der Waals surface area contributed by atoms with Gasteiger partial charge in [0, 0.05) is 6.07 Å². The maximum absolute atomic E-state index is 12.2. The van der Waals surface area contributed by atoms with Gasteiger partial charge in [-0.05, 0) is 24.3 Å². The molecule has 0 aliphatic carbocycles. The van der Waals surface area contributed by atoms with Crippen LogP contribution in [0.5, 0.6) is 5.75 Å². The van der Waals surface area contributed by atoms with Crippen molar-refractivity contribution in [2.75, 3.05) is 16.6 Å². The highest BCUT2D eigenvalue weighted by atomic mass is 32.2. The van der Waals surface area contributed by atoms with Crippen LogP contribution in [0.3, 0.4) is 0 Å². The van der Waals surface area contributed by atoms with Gasteiger partial charge in [-0.15, -0.1) is 0 Å². The number of benzene rings is 2. The predicted molar refractivity (Wildman–Crippen MR) is 77.8 cm³/mol. The van der Waals surface area contributed by atoms with E-state index >= 15 is 0 Å². The van der Waals surface area contributed by atoms with Crippen LogP contribution in [0.15, 0.2) is 53.4 Å². The van der Waals surface area contributed by atoms with Gasteiger partial charge in [0.1, 0.15) is 5.75 Å². The van der Waals surface area contributed by atoms with Gasteiger partial charge in [0.05, 0.1) is 16.3 Å². The van der Waals surface area contributed by atoms with Crippen LogP contribution >= 0.6 is 0 Å². The number of ether oxygens (including phenoxy) is 1. The highest BCUT2D eigenvalue weighted by molar-refractivity contribution is 7.92. The fourth-order valence-corrected chi connectivity index (χ4v) is 3.02. The third kappa shape index (κ3) is 2.82. The van der Waals surface area contributed by atoms with Crippen molar-refractivity contribution in [3.63, 3.8) is 0 Å². The molecule has 2 aromatic rings.